The topological polar surface area (TPSA) is 67.4 Å². The first-order valence-electron chi connectivity index (χ1n) is 7.91. The van der Waals surface area contributed by atoms with Crippen molar-refractivity contribution in [2.75, 3.05) is 17.7 Å². The molecule has 0 heterocycles. The first-order valence-corrected chi connectivity index (χ1v) is 8.29. The monoisotopic (exact) mass is 412 g/mol. The van der Waals surface area contributed by atoms with Gasteiger partial charge in [0.05, 0.1) is 18.4 Å². The molecule has 28 heavy (non-hydrogen) atoms. The average molecular weight is 413 g/mol. The summed E-state index contributed by atoms with van der Waals surface area (Å²) in [5, 5.41) is 5.18. The minimum Gasteiger partial charge on any atom is -0.495 e. The highest BCUT2D eigenvalue weighted by Gasteiger charge is 2.30. The predicted molar refractivity (Wildman–Crippen MR) is 101 cm³/mol. The Labute approximate surface area is 164 Å². The smallest absolute Gasteiger partial charge is 0.416 e. The SMILES string of the molecule is COc1ccc(NC(C)=O)cc1NC(=O)/C=C/c1cc(C(F)(F)F)ccc1Cl. The van der Waals surface area contributed by atoms with Gasteiger partial charge in [0.1, 0.15) is 5.75 Å². The molecule has 0 saturated heterocycles. The Bertz CT molecular complexity index is 927. The van der Waals surface area contributed by atoms with E-state index in [0.29, 0.717) is 11.4 Å². The second kappa shape index (κ2) is 8.79. The summed E-state index contributed by atoms with van der Waals surface area (Å²) in [6, 6.07) is 7.45. The lowest BCUT2D eigenvalue weighted by Gasteiger charge is -2.11. The number of halogens is 4. The predicted octanol–water partition coefficient (Wildman–Crippen LogP) is 4.98. The quantitative estimate of drug-likeness (QED) is 0.681. The first kappa shape index (κ1) is 21.3. The Morgan fingerprint density at radius 2 is 1.82 bits per heavy atom. The molecule has 148 valence electrons. The zero-order valence-electron chi connectivity index (χ0n) is 14.9. The zero-order valence-corrected chi connectivity index (χ0v) is 15.6. The fraction of sp³-hybridized carbons (Fsp3) is 0.158. The summed E-state index contributed by atoms with van der Waals surface area (Å²) in [5.74, 6) is -0.568. The Morgan fingerprint density at radius 3 is 2.43 bits per heavy atom. The molecule has 0 atom stereocenters. The number of nitrogens with one attached hydrogen (secondary N) is 2. The number of rotatable bonds is 5. The van der Waals surface area contributed by atoms with E-state index >= 15 is 0 Å². The van der Waals surface area contributed by atoms with Gasteiger partial charge in [-0.15, -0.1) is 0 Å². The number of anilines is 2. The van der Waals surface area contributed by atoms with E-state index in [0.717, 1.165) is 24.3 Å². The molecule has 9 heteroatoms. The van der Waals surface area contributed by atoms with Gasteiger partial charge in [-0.25, -0.2) is 0 Å². The van der Waals surface area contributed by atoms with Gasteiger partial charge < -0.3 is 15.4 Å². The molecule has 2 amide bonds. The van der Waals surface area contributed by atoms with E-state index in [-0.39, 0.29) is 22.2 Å². The minimum atomic E-state index is -4.52. The number of benzene rings is 2. The van der Waals surface area contributed by atoms with E-state index in [1.54, 1.807) is 12.1 Å². The highest BCUT2D eigenvalue weighted by molar-refractivity contribution is 6.32. The van der Waals surface area contributed by atoms with Crippen LogP contribution in [-0.4, -0.2) is 18.9 Å². The van der Waals surface area contributed by atoms with Crippen LogP contribution in [0.3, 0.4) is 0 Å². The third-order valence-electron chi connectivity index (χ3n) is 3.52. The second-order valence-corrected chi connectivity index (χ2v) is 6.06. The van der Waals surface area contributed by atoms with Gasteiger partial charge in [-0.2, -0.15) is 13.2 Å². The van der Waals surface area contributed by atoms with Crippen LogP contribution in [0.1, 0.15) is 18.1 Å². The molecule has 0 aromatic heterocycles. The maximum atomic E-state index is 12.8. The summed E-state index contributed by atoms with van der Waals surface area (Å²) in [6.07, 6.45) is -2.30. The van der Waals surface area contributed by atoms with Crippen molar-refractivity contribution >= 4 is 40.9 Å². The molecule has 0 aliphatic heterocycles. The maximum Gasteiger partial charge on any atom is 0.416 e. The van der Waals surface area contributed by atoms with Crippen molar-refractivity contribution in [3.63, 3.8) is 0 Å². The third kappa shape index (κ3) is 5.75. The van der Waals surface area contributed by atoms with Crippen LogP contribution in [0.15, 0.2) is 42.5 Å². The van der Waals surface area contributed by atoms with Gasteiger partial charge in [-0.05, 0) is 48.0 Å². The van der Waals surface area contributed by atoms with Gasteiger partial charge in [0.2, 0.25) is 11.8 Å². The number of amides is 2. The first-order chi connectivity index (χ1) is 13.1. The highest BCUT2D eigenvalue weighted by atomic mass is 35.5. The van der Waals surface area contributed by atoms with Gasteiger partial charge in [0, 0.05) is 23.7 Å². The van der Waals surface area contributed by atoms with Crippen LogP contribution in [0.25, 0.3) is 6.08 Å². The van der Waals surface area contributed by atoms with Crippen molar-refractivity contribution < 1.29 is 27.5 Å². The van der Waals surface area contributed by atoms with Crippen LogP contribution in [0.2, 0.25) is 5.02 Å². The number of hydrogen-bond acceptors (Lipinski definition) is 3. The lowest BCUT2D eigenvalue weighted by atomic mass is 10.1. The lowest BCUT2D eigenvalue weighted by Crippen LogP contribution is -2.11. The van der Waals surface area contributed by atoms with Gasteiger partial charge >= 0.3 is 6.18 Å². The number of methoxy groups -OCH3 is 1. The normalized spacial score (nSPS) is 11.4. The van der Waals surface area contributed by atoms with Gasteiger partial charge in [0.15, 0.2) is 0 Å². The molecule has 2 aromatic carbocycles. The van der Waals surface area contributed by atoms with Gasteiger partial charge in [-0.3, -0.25) is 9.59 Å². The van der Waals surface area contributed by atoms with Gasteiger partial charge in [0.25, 0.3) is 0 Å². The molecule has 0 radical (unpaired) electrons. The fourth-order valence-electron chi connectivity index (χ4n) is 2.27. The molecule has 2 aromatic rings. The molecule has 0 spiro atoms. The van der Waals surface area contributed by atoms with Crippen molar-refractivity contribution in [3.8, 4) is 5.75 Å². The van der Waals surface area contributed by atoms with E-state index in [4.69, 9.17) is 16.3 Å². The van der Waals surface area contributed by atoms with Crippen molar-refractivity contribution in [1.82, 2.24) is 0 Å². The van der Waals surface area contributed by atoms with E-state index in [2.05, 4.69) is 10.6 Å². The molecule has 0 saturated carbocycles. The summed E-state index contributed by atoms with van der Waals surface area (Å²) >= 11 is 5.90. The summed E-state index contributed by atoms with van der Waals surface area (Å²) in [4.78, 5) is 23.3. The Balaban J connectivity index is 2.21. The second-order valence-electron chi connectivity index (χ2n) is 5.65. The van der Waals surface area contributed by atoms with E-state index in [1.807, 2.05) is 0 Å². The summed E-state index contributed by atoms with van der Waals surface area (Å²) in [7, 11) is 1.40. The van der Waals surface area contributed by atoms with E-state index in [9.17, 15) is 22.8 Å². The number of ether oxygens (including phenoxy) is 1. The largest absolute Gasteiger partial charge is 0.495 e. The van der Waals surface area contributed by atoms with Crippen LogP contribution in [0.5, 0.6) is 5.75 Å². The van der Waals surface area contributed by atoms with Crippen molar-refractivity contribution in [2.45, 2.75) is 13.1 Å². The molecule has 5 nitrogen and oxygen atoms in total. The lowest BCUT2D eigenvalue weighted by molar-refractivity contribution is -0.137. The van der Waals surface area contributed by atoms with Crippen LogP contribution in [-0.2, 0) is 15.8 Å². The number of carbonyl (C=O) groups excluding carboxylic acids is 2. The number of hydrogen-bond donors (Lipinski definition) is 2. The molecule has 0 bridgehead atoms. The molecule has 0 unspecified atom stereocenters. The summed E-state index contributed by atoms with van der Waals surface area (Å²) in [5.41, 5.74) is -0.112. The Hall–Kier alpha value is -3.00. The molecular weight excluding hydrogens is 397 g/mol. The zero-order chi connectivity index (χ0) is 20.9. The van der Waals surface area contributed by atoms with Crippen molar-refractivity contribution in [1.29, 1.82) is 0 Å². The average Bonchev–Trinajstić information content (AvgIpc) is 2.59. The number of alkyl halides is 3. The standard InChI is InChI=1S/C19H16ClF3N2O3/c1-11(26)24-14-5-7-17(28-2)16(10-14)25-18(27)8-3-12-9-13(19(21,22)23)4-6-15(12)20/h3-10H,1-2H3,(H,24,26)(H,25,27)/b8-3+. The molecule has 2 N–H and O–H groups in total. The highest BCUT2D eigenvalue weighted by Crippen LogP contribution is 2.32. The van der Waals surface area contributed by atoms with E-state index in [1.165, 1.54) is 26.2 Å². The van der Waals surface area contributed by atoms with Crippen LogP contribution in [0, 0.1) is 0 Å². The number of carbonyl (C=O) groups is 2. The summed E-state index contributed by atoms with van der Waals surface area (Å²) < 4.78 is 43.6. The van der Waals surface area contributed by atoms with Crippen LogP contribution >= 0.6 is 11.6 Å². The van der Waals surface area contributed by atoms with Gasteiger partial charge in [-0.1, -0.05) is 11.6 Å². The Morgan fingerprint density at radius 1 is 1.11 bits per heavy atom. The maximum absolute atomic E-state index is 12.8. The molecule has 0 aliphatic carbocycles. The van der Waals surface area contributed by atoms with Crippen LogP contribution < -0.4 is 15.4 Å². The van der Waals surface area contributed by atoms with Crippen molar-refractivity contribution in [3.05, 3.63) is 58.6 Å². The third-order valence-corrected chi connectivity index (χ3v) is 3.86. The van der Waals surface area contributed by atoms with E-state index < -0.39 is 17.6 Å². The molecular formula is C19H16ClF3N2O3. The summed E-state index contributed by atoms with van der Waals surface area (Å²) in [6.45, 7) is 1.34. The van der Waals surface area contributed by atoms with Crippen LogP contribution in [0.4, 0.5) is 24.5 Å². The van der Waals surface area contributed by atoms with Crippen molar-refractivity contribution in [2.24, 2.45) is 0 Å². The minimum absolute atomic E-state index is 0.0469. The molecule has 0 fully saturated rings. The fourth-order valence-corrected chi connectivity index (χ4v) is 2.45. The molecule has 2 rings (SSSR count). The molecule has 0 aliphatic rings. The Kier molecular flexibility index (Phi) is 6.69.